The Balaban J connectivity index is 2.20. The van der Waals surface area contributed by atoms with Crippen molar-refractivity contribution in [2.45, 2.75) is 6.16 Å². The van der Waals surface area contributed by atoms with Crippen LogP contribution in [0, 0.1) is 0 Å². The Bertz CT molecular complexity index is 1020. The van der Waals surface area contributed by atoms with Gasteiger partial charge in [-0.2, -0.15) is 0 Å². The van der Waals surface area contributed by atoms with Crippen LogP contribution in [0.2, 0.25) is 0 Å². The van der Waals surface area contributed by atoms with Crippen LogP contribution in [0.5, 0.6) is 0 Å². The van der Waals surface area contributed by atoms with Crippen LogP contribution in [-0.4, -0.2) is 0 Å². The molecule has 0 spiro atoms. The fourth-order valence-corrected chi connectivity index (χ4v) is 15.3. The SMILES string of the molecule is [O-][I+3]([O-])([O-])OP(Cc1ccccc1)(c1ccccc1)(c1ccccc1)c1ccccc1. The van der Waals surface area contributed by atoms with E-state index in [9.17, 15) is 10.3 Å². The van der Waals surface area contributed by atoms with Gasteiger partial charge in [-0.15, -0.1) is 0 Å². The molecule has 0 atom stereocenters. The van der Waals surface area contributed by atoms with Gasteiger partial charge in [-0.05, 0) is 0 Å². The van der Waals surface area contributed by atoms with Crippen LogP contribution in [0.1, 0.15) is 5.56 Å². The fourth-order valence-electron chi connectivity index (χ4n) is 4.21. The Morgan fingerprint density at radius 3 is 1.16 bits per heavy atom. The van der Waals surface area contributed by atoms with Crippen molar-refractivity contribution in [3.8, 4) is 0 Å². The van der Waals surface area contributed by atoms with Gasteiger partial charge in [0, 0.05) is 0 Å². The second-order valence-corrected chi connectivity index (χ2v) is 15.1. The predicted octanol–water partition coefficient (Wildman–Crippen LogP) is -1.45. The zero-order chi connectivity index (χ0) is 21.8. The summed E-state index contributed by atoms with van der Waals surface area (Å²) < 4.78 is 43.6. The van der Waals surface area contributed by atoms with Gasteiger partial charge >= 0.3 is 189 Å². The second-order valence-electron chi connectivity index (χ2n) is 7.31. The molecule has 0 bridgehead atoms. The molecule has 4 aromatic carbocycles. The van der Waals surface area contributed by atoms with Gasteiger partial charge in [-0.1, -0.05) is 0 Å². The van der Waals surface area contributed by atoms with Crippen molar-refractivity contribution in [2.24, 2.45) is 0 Å². The van der Waals surface area contributed by atoms with E-state index in [1.165, 1.54) is 0 Å². The molecule has 158 valence electrons. The third kappa shape index (κ3) is 4.17. The van der Waals surface area contributed by atoms with E-state index in [0.717, 1.165) is 5.56 Å². The van der Waals surface area contributed by atoms with Gasteiger partial charge in [-0.25, -0.2) is 0 Å². The average Bonchev–Trinajstić information content (AvgIpc) is 2.80. The number of hydrogen-bond acceptors (Lipinski definition) is 4. The van der Waals surface area contributed by atoms with Gasteiger partial charge in [0.25, 0.3) is 0 Å². The standard InChI is InChI=1S/C25H22IO4P/c27-26(28,29)30-31(23-15-7-2-8-16-23,24-17-9-3-10-18-24,25-19-11-4-12-20-25)21-22-13-5-1-6-14-22/h1-20H,21H2. The predicted molar refractivity (Wildman–Crippen MR) is 116 cm³/mol. The molecular formula is C25H22IO4P. The van der Waals surface area contributed by atoms with E-state index in [0.29, 0.717) is 15.9 Å². The molecule has 0 aliphatic carbocycles. The average molecular weight is 544 g/mol. The summed E-state index contributed by atoms with van der Waals surface area (Å²) in [6, 6.07) is 37.5. The summed E-state index contributed by atoms with van der Waals surface area (Å²) in [7, 11) is 0. The third-order valence-electron chi connectivity index (χ3n) is 5.47. The Kier molecular flexibility index (Phi) is 6.26. The summed E-state index contributed by atoms with van der Waals surface area (Å²) >= 11 is -6.25. The van der Waals surface area contributed by atoms with E-state index >= 15 is 0 Å². The molecule has 0 saturated heterocycles. The normalized spacial score (nSPS) is 13.3. The topological polar surface area (TPSA) is 78.4 Å². The van der Waals surface area contributed by atoms with E-state index in [4.69, 9.17) is 2.85 Å². The van der Waals surface area contributed by atoms with E-state index < -0.39 is 26.9 Å². The van der Waals surface area contributed by atoms with E-state index in [-0.39, 0.29) is 6.16 Å². The maximum absolute atomic E-state index is 12.5. The minimum absolute atomic E-state index is 0.252. The first-order valence-corrected chi connectivity index (χ1v) is 15.6. The Hall–Kier alpha value is -2.12. The van der Waals surface area contributed by atoms with Gasteiger partial charge < -0.3 is 0 Å². The number of hydrogen-bond donors (Lipinski definition) is 0. The van der Waals surface area contributed by atoms with Crippen molar-refractivity contribution in [3.63, 3.8) is 0 Å². The fraction of sp³-hybridized carbons (Fsp3) is 0.0400. The molecule has 0 radical (unpaired) electrons. The van der Waals surface area contributed by atoms with E-state index in [1.54, 1.807) is 0 Å². The summed E-state index contributed by atoms with van der Waals surface area (Å²) in [5.41, 5.74) is 0.891. The van der Waals surface area contributed by atoms with Crippen molar-refractivity contribution in [3.05, 3.63) is 127 Å². The first-order chi connectivity index (χ1) is 14.9. The Morgan fingerprint density at radius 1 is 0.516 bits per heavy atom. The molecule has 31 heavy (non-hydrogen) atoms. The quantitative estimate of drug-likeness (QED) is 0.211. The van der Waals surface area contributed by atoms with Crippen molar-refractivity contribution < 1.29 is 33.3 Å². The second kappa shape index (κ2) is 8.79. The van der Waals surface area contributed by atoms with Crippen LogP contribution in [0.25, 0.3) is 0 Å². The molecule has 0 N–H and O–H groups in total. The molecule has 0 fully saturated rings. The number of rotatable bonds is 7. The molecule has 0 saturated carbocycles. The molecule has 0 amide bonds. The summed E-state index contributed by atoms with van der Waals surface area (Å²) in [5, 5.41) is 2.10. The molecule has 0 aromatic heterocycles. The van der Waals surface area contributed by atoms with E-state index in [2.05, 4.69) is 0 Å². The van der Waals surface area contributed by atoms with Crippen LogP contribution in [0.15, 0.2) is 121 Å². The molecule has 4 rings (SSSR count). The molecule has 0 heterocycles. The van der Waals surface area contributed by atoms with Crippen molar-refractivity contribution in [1.29, 1.82) is 0 Å². The van der Waals surface area contributed by atoms with Crippen LogP contribution in [-0.2, 0) is 9.02 Å². The Morgan fingerprint density at radius 2 is 0.839 bits per heavy atom. The molecular weight excluding hydrogens is 522 g/mol. The van der Waals surface area contributed by atoms with Crippen molar-refractivity contribution in [1.82, 2.24) is 0 Å². The zero-order valence-electron chi connectivity index (χ0n) is 16.7. The zero-order valence-corrected chi connectivity index (χ0v) is 19.8. The number of benzene rings is 4. The molecule has 0 aliphatic heterocycles. The summed E-state index contributed by atoms with van der Waals surface area (Å²) in [6.45, 7) is -4.23. The molecule has 0 unspecified atom stereocenters. The van der Waals surface area contributed by atoms with Gasteiger partial charge in [0.1, 0.15) is 0 Å². The first-order valence-electron chi connectivity index (χ1n) is 9.78. The third-order valence-corrected chi connectivity index (χ3v) is 15.1. The van der Waals surface area contributed by atoms with E-state index in [1.807, 2.05) is 121 Å². The van der Waals surface area contributed by atoms with Gasteiger partial charge in [-0.3, -0.25) is 0 Å². The van der Waals surface area contributed by atoms with Crippen LogP contribution in [0.3, 0.4) is 0 Å². The Labute approximate surface area is 188 Å². The maximum atomic E-state index is 12.5. The molecule has 4 aromatic rings. The summed E-state index contributed by atoms with van der Waals surface area (Å²) in [5.74, 6) is 0. The van der Waals surface area contributed by atoms with Crippen LogP contribution in [0.4, 0.5) is 0 Å². The van der Waals surface area contributed by atoms with Crippen LogP contribution >= 0.6 is 6.83 Å². The number of halogens is 1. The van der Waals surface area contributed by atoms with Crippen molar-refractivity contribution >= 4 is 22.7 Å². The van der Waals surface area contributed by atoms with Gasteiger partial charge in [0.05, 0.1) is 0 Å². The monoisotopic (exact) mass is 544 g/mol. The van der Waals surface area contributed by atoms with Crippen LogP contribution < -0.4 is 46.3 Å². The summed E-state index contributed by atoms with van der Waals surface area (Å²) in [6.07, 6.45) is 0.252. The van der Waals surface area contributed by atoms with Gasteiger partial charge in [0.15, 0.2) is 0 Å². The van der Waals surface area contributed by atoms with Crippen molar-refractivity contribution in [2.75, 3.05) is 0 Å². The molecule has 6 heteroatoms. The summed E-state index contributed by atoms with van der Waals surface area (Å²) in [4.78, 5) is 0. The minimum atomic E-state index is -6.25. The first kappa shape index (κ1) is 22.1. The molecule has 4 nitrogen and oxygen atoms in total. The molecule has 0 aliphatic rings. The van der Waals surface area contributed by atoms with Gasteiger partial charge in [0.2, 0.25) is 0 Å².